The van der Waals surface area contributed by atoms with Crippen LogP contribution in [0.1, 0.15) is 22.4 Å². The summed E-state index contributed by atoms with van der Waals surface area (Å²) in [6.07, 6.45) is 0.831. The molecule has 2 aliphatic heterocycles. The molecule has 0 aliphatic carbocycles. The van der Waals surface area contributed by atoms with E-state index in [4.69, 9.17) is 11.6 Å². The molecular weight excluding hydrogens is 403 g/mol. The summed E-state index contributed by atoms with van der Waals surface area (Å²) in [5, 5.41) is 0.394. The Morgan fingerprint density at radius 2 is 1.87 bits per heavy atom. The number of fused-ring (bicyclic) bond motifs is 3. The van der Waals surface area contributed by atoms with E-state index in [1.165, 1.54) is 17.7 Å². The van der Waals surface area contributed by atoms with E-state index in [-0.39, 0.29) is 11.4 Å². The number of halogens is 2. The highest BCUT2D eigenvalue weighted by molar-refractivity contribution is 6.31. The molecule has 5 nitrogen and oxygen atoms in total. The molecule has 30 heavy (non-hydrogen) atoms. The molecule has 0 amide bonds. The van der Waals surface area contributed by atoms with Crippen LogP contribution < -0.4 is 10.5 Å². The van der Waals surface area contributed by atoms with Crippen molar-refractivity contribution in [2.75, 3.05) is 18.0 Å². The highest BCUT2D eigenvalue weighted by atomic mass is 35.5. The molecule has 3 aromatic rings. The zero-order valence-corrected chi connectivity index (χ0v) is 17.3. The molecule has 0 bridgehead atoms. The summed E-state index contributed by atoms with van der Waals surface area (Å²) in [5.74, 6) is 0.338. The van der Waals surface area contributed by atoms with E-state index in [0.29, 0.717) is 24.1 Å². The second kappa shape index (κ2) is 7.85. The fourth-order valence-corrected chi connectivity index (χ4v) is 4.64. The van der Waals surface area contributed by atoms with Gasteiger partial charge in [-0.3, -0.25) is 9.69 Å². The average molecular weight is 425 g/mol. The predicted molar refractivity (Wildman–Crippen MR) is 115 cm³/mol. The first-order chi connectivity index (χ1) is 14.6. The van der Waals surface area contributed by atoms with E-state index >= 15 is 0 Å². The van der Waals surface area contributed by atoms with Crippen molar-refractivity contribution >= 4 is 17.5 Å². The molecule has 0 unspecified atom stereocenters. The molecular formula is C23H22ClFN4O. The molecule has 2 aromatic carbocycles. The van der Waals surface area contributed by atoms with Crippen molar-refractivity contribution < 1.29 is 4.39 Å². The van der Waals surface area contributed by atoms with E-state index in [0.717, 1.165) is 49.4 Å². The second-order valence-electron chi connectivity index (χ2n) is 7.90. The summed E-state index contributed by atoms with van der Waals surface area (Å²) in [5.41, 5.74) is 3.83. The van der Waals surface area contributed by atoms with E-state index in [2.05, 4.69) is 31.5 Å². The zero-order valence-electron chi connectivity index (χ0n) is 16.5. The SMILES string of the molecule is O=c1nc2n(c3c1CN(Cc1ccccc1)CC3)CCN2Cc1ccc(F)cc1Cl. The van der Waals surface area contributed by atoms with Gasteiger partial charge in [-0.1, -0.05) is 48.0 Å². The summed E-state index contributed by atoms with van der Waals surface area (Å²) < 4.78 is 15.5. The van der Waals surface area contributed by atoms with Crippen molar-refractivity contribution in [3.05, 3.63) is 92.1 Å². The number of hydrogen-bond donors (Lipinski definition) is 0. The molecule has 0 spiro atoms. The van der Waals surface area contributed by atoms with Crippen molar-refractivity contribution in [2.45, 2.75) is 32.6 Å². The van der Waals surface area contributed by atoms with Gasteiger partial charge in [0.15, 0.2) is 0 Å². The maximum atomic E-state index is 13.4. The lowest BCUT2D eigenvalue weighted by molar-refractivity contribution is 0.239. The Morgan fingerprint density at radius 1 is 1.03 bits per heavy atom. The molecule has 2 aliphatic rings. The van der Waals surface area contributed by atoms with Crippen LogP contribution in [0.2, 0.25) is 5.02 Å². The number of rotatable bonds is 4. The van der Waals surface area contributed by atoms with Crippen LogP contribution in [-0.4, -0.2) is 27.5 Å². The number of hydrogen-bond acceptors (Lipinski definition) is 4. The third-order valence-corrected chi connectivity index (χ3v) is 6.28. The Labute approximate surface area is 179 Å². The first-order valence-electron chi connectivity index (χ1n) is 10.2. The van der Waals surface area contributed by atoms with Crippen molar-refractivity contribution in [1.29, 1.82) is 0 Å². The third-order valence-electron chi connectivity index (χ3n) is 5.92. The van der Waals surface area contributed by atoms with Crippen LogP contribution in [0.25, 0.3) is 0 Å². The topological polar surface area (TPSA) is 41.4 Å². The van der Waals surface area contributed by atoms with Crippen LogP contribution in [0.3, 0.4) is 0 Å². The van der Waals surface area contributed by atoms with Crippen molar-refractivity contribution in [2.24, 2.45) is 0 Å². The van der Waals surface area contributed by atoms with Crippen LogP contribution >= 0.6 is 11.6 Å². The second-order valence-corrected chi connectivity index (χ2v) is 8.30. The Hall–Kier alpha value is -2.70. The van der Waals surface area contributed by atoms with E-state index in [9.17, 15) is 9.18 Å². The molecule has 7 heteroatoms. The molecule has 0 N–H and O–H groups in total. The lowest BCUT2D eigenvalue weighted by atomic mass is 10.1. The minimum atomic E-state index is -0.353. The van der Waals surface area contributed by atoms with Gasteiger partial charge in [0.2, 0.25) is 5.95 Å². The zero-order chi connectivity index (χ0) is 20.7. The third kappa shape index (κ3) is 3.61. The maximum absolute atomic E-state index is 13.4. The lowest BCUT2D eigenvalue weighted by Gasteiger charge is -2.30. The standard InChI is InChI=1S/C23H22ClFN4O/c24-20-12-18(25)7-6-17(20)14-28-10-11-29-21-8-9-27(13-16-4-2-1-3-5-16)15-19(21)22(30)26-23(28)29/h1-7,12H,8-11,13-15H2. The number of benzene rings is 2. The molecule has 0 fully saturated rings. The first-order valence-corrected chi connectivity index (χ1v) is 10.5. The van der Waals surface area contributed by atoms with Gasteiger partial charge in [-0.2, -0.15) is 4.98 Å². The van der Waals surface area contributed by atoms with E-state index in [1.54, 1.807) is 6.07 Å². The highest BCUT2D eigenvalue weighted by Gasteiger charge is 2.29. The average Bonchev–Trinajstić information content (AvgIpc) is 3.13. The predicted octanol–water partition coefficient (Wildman–Crippen LogP) is 3.61. The molecule has 0 saturated heterocycles. The lowest BCUT2D eigenvalue weighted by Crippen LogP contribution is -2.37. The Balaban J connectivity index is 1.39. The fraction of sp³-hybridized carbons (Fsp3) is 0.304. The Morgan fingerprint density at radius 3 is 2.67 bits per heavy atom. The fourth-order valence-electron chi connectivity index (χ4n) is 4.42. The van der Waals surface area contributed by atoms with Gasteiger partial charge in [-0.25, -0.2) is 4.39 Å². The van der Waals surface area contributed by atoms with Gasteiger partial charge in [0, 0.05) is 56.4 Å². The first kappa shape index (κ1) is 19.3. The Kier molecular flexibility index (Phi) is 5.05. The summed E-state index contributed by atoms with van der Waals surface area (Å²) in [6, 6.07) is 14.7. The van der Waals surface area contributed by atoms with Crippen LogP contribution in [0.4, 0.5) is 10.3 Å². The van der Waals surface area contributed by atoms with Gasteiger partial charge in [-0.15, -0.1) is 0 Å². The van der Waals surface area contributed by atoms with Gasteiger partial charge in [0.25, 0.3) is 5.56 Å². The van der Waals surface area contributed by atoms with Gasteiger partial charge >= 0.3 is 0 Å². The molecule has 3 heterocycles. The van der Waals surface area contributed by atoms with Gasteiger partial charge in [-0.05, 0) is 23.3 Å². The van der Waals surface area contributed by atoms with Crippen molar-refractivity contribution in [3.63, 3.8) is 0 Å². The monoisotopic (exact) mass is 424 g/mol. The molecule has 0 radical (unpaired) electrons. The normalized spacial score (nSPS) is 15.9. The number of anilines is 1. The van der Waals surface area contributed by atoms with Crippen LogP contribution in [0.5, 0.6) is 0 Å². The molecule has 154 valence electrons. The van der Waals surface area contributed by atoms with Gasteiger partial charge < -0.3 is 9.47 Å². The van der Waals surface area contributed by atoms with E-state index < -0.39 is 0 Å². The molecule has 5 rings (SSSR count). The Bertz CT molecular complexity index is 1150. The minimum Gasteiger partial charge on any atom is -0.336 e. The minimum absolute atomic E-state index is 0.147. The molecule has 1 aromatic heterocycles. The largest absolute Gasteiger partial charge is 0.336 e. The quantitative estimate of drug-likeness (QED) is 0.641. The summed E-state index contributed by atoms with van der Waals surface area (Å²) in [7, 11) is 0. The molecule has 0 atom stereocenters. The summed E-state index contributed by atoms with van der Waals surface area (Å²) in [4.78, 5) is 21.7. The summed E-state index contributed by atoms with van der Waals surface area (Å²) >= 11 is 6.20. The van der Waals surface area contributed by atoms with E-state index in [1.807, 2.05) is 18.2 Å². The van der Waals surface area contributed by atoms with Gasteiger partial charge in [0.05, 0.1) is 5.56 Å². The number of nitrogens with zero attached hydrogens (tertiary/aromatic N) is 4. The molecule has 0 saturated carbocycles. The smallest absolute Gasteiger partial charge is 0.279 e. The van der Waals surface area contributed by atoms with Crippen molar-refractivity contribution in [1.82, 2.24) is 14.5 Å². The van der Waals surface area contributed by atoms with Crippen LogP contribution in [-0.2, 0) is 32.6 Å². The number of aromatic nitrogens is 2. The van der Waals surface area contributed by atoms with Crippen LogP contribution in [0, 0.1) is 5.82 Å². The van der Waals surface area contributed by atoms with Crippen LogP contribution in [0.15, 0.2) is 53.3 Å². The van der Waals surface area contributed by atoms with Crippen molar-refractivity contribution in [3.8, 4) is 0 Å². The van der Waals surface area contributed by atoms with Gasteiger partial charge in [0.1, 0.15) is 5.82 Å². The summed E-state index contributed by atoms with van der Waals surface area (Å²) in [6.45, 7) is 4.42. The maximum Gasteiger partial charge on any atom is 0.279 e. The highest BCUT2D eigenvalue weighted by Crippen LogP contribution is 2.28.